The zero-order valence-corrected chi connectivity index (χ0v) is 17.3. The predicted octanol–water partition coefficient (Wildman–Crippen LogP) is 4.40. The number of H-pyrrole nitrogens is 1. The molecule has 2 N–H and O–H groups in total. The van der Waals surface area contributed by atoms with Crippen molar-refractivity contribution in [3.8, 4) is 22.9 Å². The van der Waals surface area contributed by atoms with Gasteiger partial charge in [0.2, 0.25) is 0 Å². The summed E-state index contributed by atoms with van der Waals surface area (Å²) in [6.45, 7) is 2.38. The van der Waals surface area contributed by atoms with Gasteiger partial charge in [-0.3, -0.25) is 4.79 Å². The van der Waals surface area contributed by atoms with Crippen molar-refractivity contribution >= 4 is 23.2 Å². The lowest BCUT2D eigenvalue weighted by molar-refractivity contribution is 0.0955. The van der Waals surface area contributed by atoms with Crippen LogP contribution in [0.25, 0.3) is 22.4 Å². The predicted molar refractivity (Wildman–Crippen MR) is 121 cm³/mol. The summed E-state index contributed by atoms with van der Waals surface area (Å²) >= 11 is 0. The zero-order valence-electron chi connectivity index (χ0n) is 17.3. The zero-order chi connectivity index (χ0) is 21.6. The van der Waals surface area contributed by atoms with Gasteiger partial charge in [-0.25, -0.2) is 10.4 Å². The molecule has 0 bridgehead atoms. The second-order valence-corrected chi connectivity index (χ2v) is 6.69. The Bertz CT molecular complexity index is 1230. The molecule has 3 aromatic carbocycles. The molecule has 31 heavy (non-hydrogen) atoms. The molecule has 0 spiro atoms. The molecule has 0 fully saturated rings. The van der Waals surface area contributed by atoms with Crippen LogP contribution in [0.4, 0.5) is 0 Å². The minimum absolute atomic E-state index is 0.324. The number of rotatable bonds is 7. The Morgan fingerprint density at radius 2 is 1.97 bits per heavy atom. The van der Waals surface area contributed by atoms with Gasteiger partial charge >= 0.3 is 0 Å². The molecule has 0 aliphatic rings. The number of carbonyl (C=O) groups excluding carboxylic acids is 1. The number of methoxy groups -OCH3 is 1. The Hall–Kier alpha value is -4.13. The molecule has 4 aromatic rings. The van der Waals surface area contributed by atoms with Crippen LogP contribution in [0.15, 0.2) is 71.8 Å². The number of nitrogens with zero attached hydrogens (tertiary/aromatic N) is 2. The van der Waals surface area contributed by atoms with Gasteiger partial charge in [-0.2, -0.15) is 5.10 Å². The van der Waals surface area contributed by atoms with E-state index in [2.05, 4.69) is 20.5 Å². The maximum absolute atomic E-state index is 12.6. The van der Waals surface area contributed by atoms with Gasteiger partial charge < -0.3 is 14.5 Å². The van der Waals surface area contributed by atoms with Crippen molar-refractivity contribution in [1.82, 2.24) is 15.4 Å². The van der Waals surface area contributed by atoms with Crippen LogP contribution in [0.2, 0.25) is 0 Å². The molecule has 0 unspecified atom stereocenters. The van der Waals surface area contributed by atoms with Crippen LogP contribution in [0.5, 0.6) is 11.5 Å². The first-order valence-electron chi connectivity index (χ1n) is 9.88. The first-order chi connectivity index (χ1) is 15.2. The monoisotopic (exact) mass is 414 g/mol. The van der Waals surface area contributed by atoms with E-state index in [9.17, 15) is 4.79 Å². The highest BCUT2D eigenvalue weighted by Crippen LogP contribution is 2.30. The largest absolute Gasteiger partial charge is 0.493 e. The van der Waals surface area contributed by atoms with Crippen LogP contribution in [0.1, 0.15) is 22.8 Å². The van der Waals surface area contributed by atoms with E-state index in [1.165, 1.54) is 6.21 Å². The number of carbonyl (C=O) groups is 1. The van der Waals surface area contributed by atoms with Gasteiger partial charge in [-0.1, -0.05) is 36.4 Å². The van der Waals surface area contributed by atoms with Crippen molar-refractivity contribution in [2.75, 3.05) is 13.7 Å². The normalized spacial score (nSPS) is 11.0. The third kappa shape index (κ3) is 4.40. The van der Waals surface area contributed by atoms with Crippen molar-refractivity contribution in [2.45, 2.75) is 6.92 Å². The smallest absolute Gasteiger partial charge is 0.271 e. The minimum atomic E-state index is -0.324. The third-order valence-corrected chi connectivity index (χ3v) is 4.68. The number of aromatic amines is 1. The Labute approximate surface area is 179 Å². The van der Waals surface area contributed by atoms with Crippen LogP contribution in [-0.4, -0.2) is 35.8 Å². The molecule has 7 nitrogen and oxygen atoms in total. The lowest BCUT2D eigenvalue weighted by Crippen LogP contribution is -2.17. The highest BCUT2D eigenvalue weighted by atomic mass is 16.5. The molecular weight excluding hydrogens is 392 g/mol. The summed E-state index contributed by atoms with van der Waals surface area (Å²) in [5.74, 6) is 1.62. The summed E-state index contributed by atoms with van der Waals surface area (Å²) in [7, 11) is 1.58. The summed E-state index contributed by atoms with van der Waals surface area (Å²) in [4.78, 5) is 20.4. The van der Waals surface area contributed by atoms with Crippen LogP contribution in [-0.2, 0) is 0 Å². The molecule has 1 heterocycles. The van der Waals surface area contributed by atoms with Crippen molar-refractivity contribution in [2.24, 2.45) is 5.10 Å². The van der Waals surface area contributed by atoms with Gasteiger partial charge in [-0.05, 0) is 37.3 Å². The molecule has 0 radical (unpaired) electrons. The molecule has 4 rings (SSSR count). The molecule has 0 aliphatic heterocycles. The maximum atomic E-state index is 12.6. The highest BCUT2D eigenvalue weighted by Gasteiger charge is 2.11. The number of hydrazone groups is 1. The quantitative estimate of drug-likeness (QED) is 0.346. The first kappa shape index (κ1) is 20.2. The summed E-state index contributed by atoms with van der Waals surface area (Å²) < 4.78 is 11.0. The molecular formula is C24H22N4O3. The van der Waals surface area contributed by atoms with E-state index in [1.54, 1.807) is 19.2 Å². The number of para-hydroxylation sites is 1. The number of fused-ring (bicyclic) bond motifs is 1. The van der Waals surface area contributed by atoms with Crippen molar-refractivity contribution in [3.63, 3.8) is 0 Å². The van der Waals surface area contributed by atoms with Gasteiger partial charge in [0.25, 0.3) is 5.91 Å². The van der Waals surface area contributed by atoms with Gasteiger partial charge in [-0.15, -0.1) is 0 Å². The van der Waals surface area contributed by atoms with Gasteiger partial charge in [0.1, 0.15) is 5.82 Å². The molecule has 0 aliphatic carbocycles. The number of imidazole rings is 1. The fourth-order valence-corrected chi connectivity index (χ4v) is 3.20. The average Bonchev–Trinajstić information content (AvgIpc) is 3.24. The number of nitrogens with one attached hydrogen (secondary N) is 2. The van der Waals surface area contributed by atoms with E-state index >= 15 is 0 Å². The Kier molecular flexibility index (Phi) is 5.93. The molecule has 156 valence electrons. The number of benzene rings is 3. The Balaban J connectivity index is 1.51. The van der Waals surface area contributed by atoms with Crippen LogP contribution >= 0.6 is 0 Å². The van der Waals surface area contributed by atoms with E-state index in [0.29, 0.717) is 29.2 Å². The Morgan fingerprint density at radius 1 is 1.13 bits per heavy atom. The van der Waals surface area contributed by atoms with E-state index in [4.69, 9.17) is 9.47 Å². The highest BCUT2D eigenvalue weighted by molar-refractivity contribution is 5.98. The second kappa shape index (κ2) is 9.13. The number of amides is 1. The van der Waals surface area contributed by atoms with Crippen molar-refractivity contribution < 1.29 is 14.3 Å². The van der Waals surface area contributed by atoms with Crippen LogP contribution < -0.4 is 14.9 Å². The SMILES string of the molecule is CCOc1c(/C=N/NC(=O)c2ccc3nc(-c4ccccc4)[nH]c3c2)cccc1OC. The van der Waals surface area contributed by atoms with Gasteiger partial charge in [0.05, 0.1) is 31.0 Å². The van der Waals surface area contributed by atoms with E-state index in [1.807, 2.05) is 61.5 Å². The molecule has 0 saturated heterocycles. The van der Waals surface area contributed by atoms with E-state index < -0.39 is 0 Å². The maximum Gasteiger partial charge on any atom is 0.271 e. The lowest BCUT2D eigenvalue weighted by Gasteiger charge is -2.11. The number of ether oxygens (including phenoxy) is 2. The summed E-state index contributed by atoms with van der Waals surface area (Å²) in [5.41, 5.74) is 6.29. The minimum Gasteiger partial charge on any atom is -0.493 e. The molecule has 1 amide bonds. The average molecular weight is 414 g/mol. The fraction of sp³-hybridized carbons (Fsp3) is 0.125. The van der Waals surface area contributed by atoms with Crippen LogP contribution in [0.3, 0.4) is 0 Å². The standard InChI is InChI=1S/C24H22N4O3/c1-3-31-22-18(10-7-11-21(22)30-2)15-25-28-24(29)17-12-13-19-20(14-17)27-23(26-19)16-8-5-4-6-9-16/h4-15H,3H2,1-2H3,(H,26,27)(H,28,29)/b25-15+. The molecule has 7 heteroatoms. The lowest BCUT2D eigenvalue weighted by atomic mass is 10.2. The number of hydrogen-bond acceptors (Lipinski definition) is 5. The van der Waals surface area contributed by atoms with Gasteiger partial charge in [0.15, 0.2) is 11.5 Å². The summed E-state index contributed by atoms with van der Waals surface area (Å²) in [6.07, 6.45) is 1.54. The second-order valence-electron chi connectivity index (χ2n) is 6.69. The number of hydrogen-bond donors (Lipinski definition) is 2. The van der Waals surface area contributed by atoms with E-state index in [0.717, 1.165) is 22.4 Å². The first-order valence-corrected chi connectivity index (χ1v) is 9.88. The van der Waals surface area contributed by atoms with Crippen LogP contribution in [0, 0.1) is 0 Å². The van der Waals surface area contributed by atoms with Crippen molar-refractivity contribution in [1.29, 1.82) is 0 Å². The van der Waals surface area contributed by atoms with Crippen molar-refractivity contribution in [3.05, 3.63) is 77.9 Å². The third-order valence-electron chi connectivity index (χ3n) is 4.68. The Morgan fingerprint density at radius 3 is 2.74 bits per heavy atom. The molecule has 1 aromatic heterocycles. The van der Waals surface area contributed by atoms with E-state index in [-0.39, 0.29) is 5.91 Å². The number of aromatic nitrogens is 2. The summed E-state index contributed by atoms with van der Waals surface area (Å²) in [5, 5.41) is 4.08. The topological polar surface area (TPSA) is 88.6 Å². The molecule has 0 atom stereocenters. The fourth-order valence-electron chi connectivity index (χ4n) is 3.20. The molecule has 0 saturated carbocycles. The summed E-state index contributed by atoms with van der Waals surface area (Å²) in [6, 6.07) is 20.6. The van der Waals surface area contributed by atoms with Gasteiger partial charge in [0, 0.05) is 16.7 Å².